The highest BCUT2D eigenvalue weighted by atomic mass is 35.5. The molecule has 5 nitrogen and oxygen atoms in total. The lowest BCUT2D eigenvalue weighted by atomic mass is 10.2. The number of aromatic nitrogens is 3. The molecule has 2 heterocycles. The van der Waals surface area contributed by atoms with Crippen LogP contribution in [0.25, 0.3) is 0 Å². The molecule has 0 unspecified atom stereocenters. The molecule has 0 radical (unpaired) electrons. The Morgan fingerprint density at radius 3 is 2.94 bits per heavy atom. The van der Waals surface area contributed by atoms with Gasteiger partial charge in [-0.1, -0.05) is 11.6 Å². The van der Waals surface area contributed by atoms with Crippen LogP contribution in [0.15, 0.2) is 18.5 Å². The van der Waals surface area contributed by atoms with Crippen LogP contribution in [-0.2, 0) is 13.6 Å². The molecule has 0 atom stereocenters. The molecular formula is C12H12ClN5. The third-order valence-electron chi connectivity index (χ3n) is 2.57. The first kappa shape index (κ1) is 12.4. The van der Waals surface area contributed by atoms with Crippen molar-refractivity contribution in [1.82, 2.24) is 14.8 Å². The van der Waals surface area contributed by atoms with Crippen molar-refractivity contribution >= 4 is 17.4 Å². The van der Waals surface area contributed by atoms with E-state index in [4.69, 9.17) is 16.9 Å². The van der Waals surface area contributed by atoms with Crippen molar-refractivity contribution < 1.29 is 0 Å². The van der Waals surface area contributed by atoms with Crippen LogP contribution in [0, 0.1) is 18.3 Å². The number of hydrogen-bond acceptors (Lipinski definition) is 4. The van der Waals surface area contributed by atoms with E-state index in [9.17, 15) is 0 Å². The Morgan fingerprint density at radius 2 is 2.33 bits per heavy atom. The van der Waals surface area contributed by atoms with E-state index >= 15 is 0 Å². The van der Waals surface area contributed by atoms with Crippen molar-refractivity contribution in [1.29, 1.82) is 5.26 Å². The fourth-order valence-corrected chi connectivity index (χ4v) is 1.88. The minimum atomic E-state index is 0.349. The van der Waals surface area contributed by atoms with Gasteiger partial charge in [-0.3, -0.25) is 4.68 Å². The monoisotopic (exact) mass is 261 g/mol. The van der Waals surface area contributed by atoms with Gasteiger partial charge in [0, 0.05) is 31.5 Å². The molecule has 0 fully saturated rings. The molecule has 1 N–H and O–H groups in total. The van der Waals surface area contributed by atoms with Crippen molar-refractivity contribution in [2.75, 3.05) is 5.32 Å². The van der Waals surface area contributed by atoms with E-state index < -0.39 is 0 Å². The molecule has 0 aliphatic rings. The van der Waals surface area contributed by atoms with Gasteiger partial charge in [0.05, 0.1) is 11.3 Å². The number of nitrogens with zero attached hydrogens (tertiary/aromatic N) is 4. The van der Waals surface area contributed by atoms with E-state index in [0.29, 0.717) is 22.9 Å². The summed E-state index contributed by atoms with van der Waals surface area (Å²) in [5, 5.41) is 16.6. The molecule has 2 rings (SSSR count). The Balaban J connectivity index is 2.16. The molecule has 0 aliphatic heterocycles. The molecule has 0 saturated carbocycles. The first-order valence-electron chi connectivity index (χ1n) is 5.39. The standard InChI is InChI=1S/C12H12ClN5/c1-8-10(7-18(2)17-8)6-16-12-11(13)9(5-14)3-4-15-12/h3-4,7H,6H2,1-2H3,(H,15,16). The summed E-state index contributed by atoms with van der Waals surface area (Å²) in [4.78, 5) is 4.12. The summed E-state index contributed by atoms with van der Waals surface area (Å²) in [6.07, 6.45) is 3.49. The molecule has 0 aromatic carbocycles. The highest BCUT2D eigenvalue weighted by molar-refractivity contribution is 6.34. The van der Waals surface area contributed by atoms with Crippen molar-refractivity contribution in [3.63, 3.8) is 0 Å². The SMILES string of the molecule is Cc1nn(C)cc1CNc1nccc(C#N)c1Cl. The predicted molar refractivity (Wildman–Crippen MR) is 69.2 cm³/mol. The number of aryl methyl sites for hydroxylation is 2. The molecule has 2 aromatic rings. The van der Waals surface area contributed by atoms with E-state index in [1.54, 1.807) is 16.9 Å². The van der Waals surface area contributed by atoms with Crippen molar-refractivity contribution in [3.05, 3.63) is 40.3 Å². The molecule has 6 heteroatoms. The highest BCUT2D eigenvalue weighted by Gasteiger charge is 2.08. The van der Waals surface area contributed by atoms with Gasteiger partial charge in [0.2, 0.25) is 0 Å². The van der Waals surface area contributed by atoms with Crippen LogP contribution in [0.2, 0.25) is 5.02 Å². The fourth-order valence-electron chi connectivity index (χ4n) is 1.65. The Bertz CT molecular complexity index is 611. The van der Waals surface area contributed by atoms with Gasteiger partial charge in [-0.05, 0) is 13.0 Å². The largest absolute Gasteiger partial charge is 0.365 e. The summed E-state index contributed by atoms with van der Waals surface area (Å²) in [6, 6.07) is 3.61. The second-order valence-electron chi connectivity index (χ2n) is 3.90. The van der Waals surface area contributed by atoms with Gasteiger partial charge in [-0.25, -0.2) is 4.98 Å². The molecule has 0 bridgehead atoms. The Morgan fingerprint density at radius 1 is 1.56 bits per heavy atom. The third kappa shape index (κ3) is 2.44. The van der Waals surface area contributed by atoms with Gasteiger partial charge >= 0.3 is 0 Å². The Kier molecular flexibility index (Phi) is 3.49. The molecule has 0 aliphatic carbocycles. The van der Waals surface area contributed by atoms with Crippen LogP contribution in [0.5, 0.6) is 0 Å². The summed E-state index contributed by atoms with van der Waals surface area (Å²) in [6.45, 7) is 2.51. The maximum absolute atomic E-state index is 8.87. The van der Waals surface area contributed by atoms with Crippen molar-refractivity contribution in [3.8, 4) is 6.07 Å². The van der Waals surface area contributed by atoms with Crippen LogP contribution >= 0.6 is 11.6 Å². The average Bonchev–Trinajstić information content (AvgIpc) is 2.66. The lowest BCUT2D eigenvalue weighted by Gasteiger charge is -2.07. The van der Waals surface area contributed by atoms with Crippen LogP contribution in [-0.4, -0.2) is 14.8 Å². The van der Waals surface area contributed by atoms with Crippen LogP contribution in [0.3, 0.4) is 0 Å². The molecule has 2 aromatic heterocycles. The number of pyridine rings is 1. The molecule has 18 heavy (non-hydrogen) atoms. The Labute approximate surface area is 110 Å². The smallest absolute Gasteiger partial charge is 0.146 e. The first-order valence-corrected chi connectivity index (χ1v) is 5.77. The molecule has 0 spiro atoms. The quantitative estimate of drug-likeness (QED) is 0.920. The van der Waals surface area contributed by atoms with Crippen LogP contribution < -0.4 is 5.32 Å². The van der Waals surface area contributed by atoms with Gasteiger partial charge in [-0.2, -0.15) is 10.4 Å². The van der Waals surface area contributed by atoms with Gasteiger partial charge < -0.3 is 5.32 Å². The van der Waals surface area contributed by atoms with E-state index in [-0.39, 0.29) is 0 Å². The minimum Gasteiger partial charge on any atom is -0.365 e. The number of nitriles is 1. The number of hydrogen-bond donors (Lipinski definition) is 1. The van der Waals surface area contributed by atoms with Gasteiger partial charge in [0.1, 0.15) is 16.9 Å². The maximum Gasteiger partial charge on any atom is 0.146 e. The molecule has 0 saturated heterocycles. The van der Waals surface area contributed by atoms with Gasteiger partial charge in [-0.15, -0.1) is 0 Å². The summed E-state index contributed by atoms with van der Waals surface area (Å²) in [5.74, 6) is 0.513. The summed E-state index contributed by atoms with van der Waals surface area (Å²) in [7, 11) is 1.87. The molecular weight excluding hydrogens is 250 g/mol. The molecule has 92 valence electrons. The van der Waals surface area contributed by atoms with E-state index in [0.717, 1.165) is 11.3 Å². The van der Waals surface area contributed by atoms with Crippen LogP contribution in [0.4, 0.5) is 5.82 Å². The zero-order valence-corrected chi connectivity index (χ0v) is 10.9. The number of halogens is 1. The second-order valence-corrected chi connectivity index (χ2v) is 4.28. The highest BCUT2D eigenvalue weighted by Crippen LogP contribution is 2.23. The number of nitrogens with one attached hydrogen (secondary N) is 1. The second kappa shape index (κ2) is 5.07. The van der Waals surface area contributed by atoms with E-state index in [1.165, 1.54) is 0 Å². The average molecular weight is 262 g/mol. The first-order chi connectivity index (χ1) is 8.61. The lowest BCUT2D eigenvalue weighted by molar-refractivity contribution is 0.756. The maximum atomic E-state index is 8.87. The van der Waals surface area contributed by atoms with E-state index in [1.807, 2.05) is 26.2 Å². The minimum absolute atomic E-state index is 0.349. The zero-order chi connectivity index (χ0) is 13.1. The van der Waals surface area contributed by atoms with Gasteiger partial charge in [0.15, 0.2) is 0 Å². The predicted octanol–water partition coefficient (Wildman–Crippen LogP) is 2.26. The van der Waals surface area contributed by atoms with Gasteiger partial charge in [0.25, 0.3) is 0 Å². The normalized spacial score (nSPS) is 10.1. The van der Waals surface area contributed by atoms with E-state index in [2.05, 4.69) is 15.4 Å². The Hall–Kier alpha value is -2.06. The van der Waals surface area contributed by atoms with Crippen molar-refractivity contribution in [2.45, 2.75) is 13.5 Å². The van der Waals surface area contributed by atoms with Crippen LogP contribution in [0.1, 0.15) is 16.8 Å². The topological polar surface area (TPSA) is 66.5 Å². The lowest BCUT2D eigenvalue weighted by Crippen LogP contribution is -2.03. The van der Waals surface area contributed by atoms with Crippen molar-refractivity contribution in [2.24, 2.45) is 7.05 Å². The summed E-state index contributed by atoms with van der Waals surface area (Å²) < 4.78 is 1.76. The number of anilines is 1. The molecule has 0 amide bonds. The third-order valence-corrected chi connectivity index (χ3v) is 2.95. The summed E-state index contributed by atoms with van der Waals surface area (Å²) in [5.41, 5.74) is 2.44. The summed E-state index contributed by atoms with van der Waals surface area (Å²) >= 11 is 6.05. The fraction of sp³-hybridized carbons (Fsp3) is 0.250. The zero-order valence-electron chi connectivity index (χ0n) is 10.1. The number of rotatable bonds is 3.